The van der Waals surface area contributed by atoms with E-state index in [9.17, 15) is 0 Å². The number of hydrogen-bond acceptors (Lipinski definition) is 1. The van der Waals surface area contributed by atoms with E-state index in [0.29, 0.717) is 0 Å². The molecule has 0 unspecified atom stereocenters. The van der Waals surface area contributed by atoms with Gasteiger partial charge in [-0.2, -0.15) is 0 Å². The summed E-state index contributed by atoms with van der Waals surface area (Å²) in [5.74, 6) is 0. The quantitative estimate of drug-likeness (QED) is 0.395. The molecule has 3 heteroatoms. The Balaban J connectivity index is 0. The van der Waals surface area contributed by atoms with Crippen molar-refractivity contribution in [1.29, 1.82) is 0 Å². The number of quaternary nitrogens is 1. The van der Waals surface area contributed by atoms with Gasteiger partial charge in [0, 0.05) is 0 Å². The third-order valence-corrected chi connectivity index (χ3v) is 2.97. The van der Waals surface area contributed by atoms with Gasteiger partial charge < -0.3 is 21.8 Å². The molecule has 0 rings (SSSR count). The Morgan fingerprint density at radius 3 is 1.93 bits per heavy atom. The van der Waals surface area contributed by atoms with Crippen LogP contribution in [0.15, 0.2) is 0 Å². The molecule has 94 valence electrons. The molecule has 0 aromatic rings. The van der Waals surface area contributed by atoms with Crippen LogP contribution in [0.3, 0.4) is 0 Å². The van der Waals surface area contributed by atoms with E-state index in [2.05, 4.69) is 40.0 Å². The number of nitrogens with zero attached hydrogens (tertiary/aromatic N) is 2. The van der Waals surface area contributed by atoms with Crippen molar-refractivity contribution in [3.05, 3.63) is 0 Å². The molecule has 0 heterocycles. The molecule has 0 N–H and O–H groups in total. The van der Waals surface area contributed by atoms with Crippen LogP contribution in [0.5, 0.6) is 0 Å². The summed E-state index contributed by atoms with van der Waals surface area (Å²) < 4.78 is 1.17. The first kappa shape index (κ1) is 17.6. The normalized spacial score (nSPS) is 11.6. The van der Waals surface area contributed by atoms with E-state index in [1.165, 1.54) is 49.8 Å². The highest BCUT2D eigenvalue weighted by Gasteiger charge is 2.09. The fraction of sp³-hybridized carbons (Fsp3) is 1.00. The first-order valence-electron chi connectivity index (χ1n) is 5.94. The Labute approximate surface area is 103 Å². The van der Waals surface area contributed by atoms with Crippen LogP contribution < -0.4 is 12.4 Å². The van der Waals surface area contributed by atoms with E-state index >= 15 is 0 Å². The fourth-order valence-electron chi connectivity index (χ4n) is 1.48. The minimum Gasteiger partial charge on any atom is -1.00 e. The SMILES string of the molecule is CC[N+](C)(C)CCCCCCN(C)C.[Cl-]. The molecular formula is C12H29ClN2. The van der Waals surface area contributed by atoms with Gasteiger partial charge in [-0.15, -0.1) is 0 Å². The van der Waals surface area contributed by atoms with Gasteiger partial charge in [-0.05, 0) is 46.8 Å². The van der Waals surface area contributed by atoms with Crippen LogP contribution in [-0.4, -0.2) is 57.2 Å². The standard InChI is InChI=1S/C12H29N2.ClH/c1-6-14(4,5)12-10-8-7-9-11-13(2)3;/h6-12H2,1-5H3;1H/q+1;/p-1. The first-order chi connectivity index (χ1) is 6.48. The lowest BCUT2D eigenvalue weighted by molar-refractivity contribution is -0.888. The number of hydrogen-bond donors (Lipinski definition) is 0. The second kappa shape index (κ2) is 9.44. The maximum Gasteiger partial charge on any atom is 0.0782 e. The summed E-state index contributed by atoms with van der Waals surface area (Å²) in [5.41, 5.74) is 0. The molecule has 0 aromatic carbocycles. The summed E-state index contributed by atoms with van der Waals surface area (Å²) in [5, 5.41) is 0. The highest BCUT2D eigenvalue weighted by Crippen LogP contribution is 2.05. The van der Waals surface area contributed by atoms with E-state index < -0.39 is 0 Å². The molecule has 0 spiro atoms. The topological polar surface area (TPSA) is 3.24 Å². The summed E-state index contributed by atoms with van der Waals surface area (Å²) in [4.78, 5) is 2.27. The van der Waals surface area contributed by atoms with E-state index in [4.69, 9.17) is 0 Å². The van der Waals surface area contributed by atoms with Gasteiger partial charge in [0.15, 0.2) is 0 Å². The molecular weight excluding hydrogens is 208 g/mol. The highest BCUT2D eigenvalue weighted by molar-refractivity contribution is 4.47. The smallest absolute Gasteiger partial charge is 0.0782 e. The van der Waals surface area contributed by atoms with Crippen LogP contribution in [0, 0.1) is 0 Å². The molecule has 0 aliphatic heterocycles. The van der Waals surface area contributed by atoms with Crippen LogP contribution in [0.1, 0.15) is 32.6 Å². The molecule has 0 bridgehead atoms. The molecule has 0 aromatic heterocycles. The van der Waals surface area contributed by atoms with Crippen LogP contribution >= 0.6 is 0 Å². The summed E-state index contributed by atoms with van der Waals surface area (Å²) in [6.07, 6.45) is 5.53. The summed E-state index contributed by atoms with van der Waals surface area (Å²) >= 11 is 0. The van der Waals surface area contributed by atoms with Gasteiger partial charge in [0.2, 0.25) is 0 Å². The third kappa shape index (κ3) is 12.1. The zero-order valence-electron chi connectivity index (χ0n) is 11.2. The van der Waals surface area contributed by atoms with Crippen molar-refractivity contribution >= 4 is 0 Å². The van der Waals surface area contributed by atoms with Crippen LogP contribution in [0.2, 0.25) is 0 Å². The molecule has 0 fully saturated rings. The monoisotopic (exact) mass is 236 g/mol. The van der Waals surface area contributed by atoms with Gasteiger partial charge >= 0.3 is 0 Å². The van der Waals surface area contributed by atoms with Gasteiger partial charge in [-0.25, -0.2) is 0 Å². The average Bonchev–Trinajstić information content (AvgIpc) is 2.10. The van der Waals surface area contributed by atoms with Crippen molar-refractivity contribution in [3.8, 4) is 0 Å². The van der Waals surface area contributed by atoms with Gasteiger partial charge in [0.25, 0.3) is 0 Å². The van der Waals surface area contributed by atoms with Crippen molar-refractivity contribution < 1.29 is 16.9 Å². The predicted molar refractivity (Wildman–Crippen MR) is 64.5 cm³/mol. The van der Waals surface area contributed by atoms with Crippen LogP contribution in [0.25, 0.3) is 0 Å². The van der Waals surface area contributed by atoms with Crippen molar-refractivity contribution in [3.63, 3.8) is 0 Å². The van der Waals surface area contributed by atoms with Gasteiger partial charge in [-0.1, -0.05) is 6.42 Å². The zero-order valence-corrected chi connectivity index (χ0v) is 12.0. The molecule has 0 saturated carbocycles. The average molecular weight is 237 g/mol. The minimum absolute atomic E-state index is 0. The fourth-order valence-corrected chi connectivity index (χ4v) is 1.48. The van der Waals surface area contributed by atoms with E-state index in [1.807, 2.05) is 0 Å². The van der Waals surface area contributed by atoms with Gasteiger partial charge in [0.05, 0.1) is 27.2 Å². The van der Waals surface area contributed by atoms with Crippen molar-refractivity contribution in [1.82, 2.24) is 4.90 Å². The number of halogens is 1. The maximum absolute atomic E-state index is 2.32. The highest BCUT2D eigenvalue weighted by atomic mass is 35.5. The Morgan fingerprint density at radius 1 is 0.933 bits per heavy atom. The maximum atomic E-state index is 2.32. The van der Waals surface area contributed by atoms with Gasteiger partial charge in [-0.3, -0.25) is 0 Å². The minimum atomic E-state index is 0. The van der Waals surface area contributed by atoms with Crippen molar-refractivity contribution in [2.75, 3.05) is 47.8 Å². The number of rotatable bonds is 8. The Bertz CT molecular complexity index is 136. The molecule has 0 radical (unpaired) electrons. The Kier molecular flexibility index (Phi) is 11.1. The second-order valence-electron chi connectivity index (χ2n) is 5.19. The molecule has 0 saturated heterocycles. The van der Waals surface area contributed by atoms with Gasteiger partial charge in [0.1, 0.15) is 0 Å². The van der Waals surface area contributed by atoms with E-state index in [1.54, 1.807) is 0 Å². The Morgan fingerprint density at radius 2 is 1.47 bits per heavy atom. The lowest BCUT2D eigenvalue weighted by atomic mass is 10.2. The molecule has 2 nitrogen and oxygen atoms in total. The first-order valence-corrected chi connectivity index (χ1v) is 5.94. The Hall–Kier alpha value is 0.210. The zero-order chi connectivity index (χ0) is 11.0. The molecule has 15 heavy (non-hydrogen) atoms. The molecule has 0 aliphatic carbocycles. The van der Waals surface area contributed by atoms with Crippen molar-refractivity contribution in [2.45, 2.75) is 32.6 Å². The lowest BCUT2D eigenvalue weighted by Gasteiger charge is -2.28. The van der Waals surface area contributed by atoms with E-state index in [0.717, 1.165) is 0 Å². The molecule has 0 amide bonds. The second-order valence-corrected chi connectivity index (χ2v) is 5.19. The summed E-state index contributed by atoms with van der Waals surface area (Å²) in [6, 6.07) is 0. The van der Waals surface area contributed by atoms with Crippen LogP contribution in [-0.2, 0) is 0 Å². The number of unbranched alkanes of at least 4 members (excludes halogenated alkanes) is 3. The molecule has 0 atom stereocenters. The summed E-state index contributed by atoms with van der Waals surface area (Å²) in [6.45, 7) is 6.09. The predicted octanol–water partition coefficient (Wildman–Crippen LogP) is -0.791. The van der Waals surface area contributed by atoms with Crippen LogP contribution in [0.4, 0.5) is 0 Å². The molecule has 0 aliphatic rings. The van der Waals surface area contributed by atoms with Crippen molar-refractivity contribution in [2.24, 2.45) is 0 Å². The largest absolute Gasteiger partial charge is 1.00 e. The lowest BCUT2D eigenvalue weighted by Crippen LogP contribution is -3.00. The van der Waals surface area contributed by atoms with E-state index in [-0.39, 0.29) is 12.4 Å². The summed E-state index contributed by atoms with van der Waals surface area (Å²) in [7, 11) is 8.94. The third-order valence-electron chi connectivity index (χ3n) is 2.97.